The molecule has 4 aromatic rings. The molecule has 0 saturated heterocycles. The Morgan fingerprint density at radius 3 is 1.24 bits per heavy atom. The summed E-state index contributed by atoms with van der Waals surface area (Å²) in [6.07, 6.45) is 2.60. The van der Waals surface area contributed by atoms with Gasteiger partial charge >= 0.3 is 11.9 Å². The Morgan fingerprint density at radius 2 is 0.881 bits per heavy atom. The zero-order chi connectivity index (χ0) is 30.2. The minimum Gasteiger partial charge on any atom is -0.462 e. The molecular weight excluding hydrogens is 603 g/mol. The van der Waals surface area contributed by atoms with E-state index in [0.29, 0.717) is 50.0 Å². The first-order valence-corrected chi connectivity index (χ1v) is 14.5. The molecule has 0 bridgehead atoms. The van der Waals surface area contributed by atoms with Crippen molar-refractivity contribution >= 4 is 27.9 Å². The number of esters is 2. The van der Waals surface area contributed by atoms with E-state index in [9.17, 15) is 14.0 Å². The summed E-state index contributed by atoms with van der Waals surface area (Å²) in [6, 6.07) is 28.5. The van der Waals surface area contributed by atoms with Gasteiger partial charge in [-0.05, 0) is 96.5 Å². The fourth-order valence-corrected chi connectivity index (χ4v) is 4.07. The van der Waals surface area contributed by atoms with E-state index in [1.54, 1.807) is 48.5 Å². The minimum atomic E-state index is -0.376. The van der Waals surface area contributed by atoms with E-state index in [4.69, 9.17) is 19.7 Å². The maximum Gasteiger partial charge on any atom is 0.338 e. The van der Waals surface area contributed by atoms with E-state index in [1.807, 2.05) is 36.4 Å². The zero-order valence-electron chi connectivity index (χ0n) is 23.2. The highest BCUT2D eigenvalue weighted by Crippen LogP contribution is 2.23. The first-order chi connectivity index (χ1) is 20.4. The van der Waals surface area contributed by atoms with E-state index in [0.717, 1.165) is 26.7 Å². The van der Waals surface area contributed by atoms with Gasteiger partial charge in [-0.1, -0.05) is 64.5 Å². The van der Waals surface area contributed by atoms with Crippen molar-refractivity contribution in [1.29, 1.82) is 0 Å². The summed E-state index contributed by atoms with van der Waals surface area (Å²) in [5, 5.41) is 17.3. The largest absolute Gasteiger partial charge is 0.462 e. The molecule has 0 aliphatic carbocycles. The van der Waals surface area contributed by atoms with Crippen LogP contribution in [0.1, 0.15) is 46.4 Å². The number of aliphatic hydroxyl groups excluding tert-OH is 2. The van der Waals surface area contributed by atoms with Crippen LogP contribution in [0.4, 0.5) is 4.39 Å². The fourth-order valence-electron chi connectivity index (χ4n) is 3.81. The summed E-state index contributed by atoms with van der Waals surface area (Å²) in [6.45, 7) is 0.871. The van der Waals surface area contributed by atoms with Gasteiger partial charge in [0.2, 0.25) is 0 Å². The van der Waals surface area contributed by atoms with Crippen LogP contribution in [-0.2, 0) is 9.47 Å². The second-order valence-electron chi connectivity index (χ2n) is 9.30. The number of halogens is 2. The second-order valence-corrected chi connectivity index (χ2v) is 10.2. The Balaban J connectivity index is 0.000000230. The molecule has 0 aliphatic rings. The Hall–Kier alpha value is -3.85. The molecule has 0 radical (unpaired) electrons. The van der Waals surface area contributed by atoms with Gasteiger partial charge in [-0.2, -0.15) is 0 Å². The lowest BCUT2D eigenvalue weighted by molar-refractivity contribution is 0.0484. The number of aliphatic hydroxyl groups is 2. The lowest BCUT2D eigenvalue weighted by atomic mass is 10.0. The highest BCUT2D eigenvalue weighted by molar-refractivity contribution is 9.10. The summed E-state index contributed by atoms with van der Waals surface area (Å²) in [5.41, 5.74) is 4.97. The van der Waals surface area contributed by atoms with Gasteiger partial charge in [-0.25, -0.2) is 14.0 Å². The van der Waals surface area contributed by atoms with Crippen molar-refractivity contribution in [1.82, 2.24) is 0 Å². The van der Waals surface area contributed by atoms with Crippen LogP contribution >= 0.6 is 15.9 Å². The van der Waals surface area contributed by atoms with Gasteiger partial charge in [-0.3, -0.25) is 0 Å². The third-order valence-electron chi connectivity index (χ3n) is 6.17. The molecule has 6 nitrogen and oxygen atoms in total. The van der Waals surface area contributed by atoms with Crippen LogP contribution in [0.15, 0.2) is 102 Å². The van der Waals surface area contributed by atoms with Crippen molar-refractivity contribution in [2.75, 3.05) is 26.4 Å². The molecule has 0 fully saturated rings. The predicted molar refractivity (Wildman–Crippen MR) is 165 cm³/mol. The number of carbonyl (C=O) groups excluding carboxylic acids is 2. The minimum absolute atomic E-state index is 0.101. The zero-order valence-corrected chi connectivity index (χ0v) is 24.8. The maximum atomic E-state index is 12.9. The number of hydrogen-bond acceptors (Lipinski definition) is 6. The van der Waals surface area contributed by atoms with Crippen molar-refractivity contribution < 1.29 is 33.7 Å². The van der Waals surface area contributed by atoms with Crippen molar-refractivity contribution in [2.24, 2.45) is 0 Å². The highest BCUT2D eigenvalue weighted by Gasteiger charge is 2.08. The van der Waals surface area contributed by atoms with Gasteiger partial charge in [0.1, 0.15) is 5.82 Å². The first kappa shape index (κ1) is 32.7. The summed E-state index contributed by atoms with van der Waals surface area (Å²) in [5.74, 6) is -0.976. The molecule has 0 heterocycles. The SMILES string of the molecule is O=C(OCCCCO)c1ccc(-c2ccc(Br)cc2)cc1.O=C(OCCCCO)c1ccc(-c2ccc(F)cc2)cc1. The van der Waals surface area contributed by atoms with Crippen LogP contribution in [-0.4, -0.2) is 48.6 Å². The normalized spacial score (nSPS) is 10.4. The van der Waals surface area contributed by atoms with E-state index < -0.39 is 0 Å². The third kappa shape index (κ3) is 10.9. The number of hydrogen-bond donors (Lipinski definition) is 2. The number of ether oxygens (including phenoxy) is 2. The molecule has 4 rings (SSSR count). The van der Waals surface area contributed by atoms with Gasteiger partial charge in [0.15, 0.2) is 0 Å². The summed E-state index contributed by atoms with van der Waals surface area (Å²) in [7, 11) is 0. The third-order valence-corrected chi connectivity index (χ3v) is 6.70. The molecule has 0 aromatic heterocycles. The van der Waals surface area contributed by atoms with Gasteiger partial charge in [-0.15, -0.1) is 0 Å². The average molecular weight is 638 g/mol. The number of carbonyl (C=O) groups is 2. The molecule has 0 unspecified atom stereocenters. The number of benzene rings is 4. The molecular formula is C34H34BrFO6. The van der Waals surface area contributed by atoms with E-state index in [1.165, 1.54) is 12.1 Å². The highest BCUT2D eigenvalue weighted by atomic mass is 79.9. The van der Waals surface area contributed by atoms with Gasteiger partial charge in [0, 0.05) is 17.7 Å². The van der Waals surface area contributed by atoms with Gasteiger partial charge in [0.25, 0.3) is 0 Å². The Bertz CT molecular complexity index is 1260. The fraction of sp³-hybridized carbons (Fsp3) is 0.235. The predicted octanol–water partition coefficient (Wildman–Crippen LogP) is 7.47. The number of rotatable bonds is 12. The quantitative estimate of drug-likeness (QED) is 0.124. The van der Waals surface area contributed by atoms with Crippen LogP contribution in [0.2, 0.25) is 0 Å². The van der Waals surface area contributed by atoms with Crippen molar-refractivity contribution in [2.45, 2.75) is 25.7 Å². The van der Waals surface area contributed by atoms with Crippen LogP contribution in [0, 0.1) is 5.82 Å². The van der Waals surface area contributed by atoms with Gasteiger partial charge < -0.3 is 19.7 Å². The molecule has 2 N–H and O–H groups in total. The van der Waals surface area contributed by atoms with Crippen LogP contribution < -0.4 is 0 Å². The van der Waals surface area contributed by atoms with Crippen LogP contribution in [0.3, 0.4) is 0 Å². The van der Waals surface area contributed by atoms with Crippen LogP contribution in [0.5, 0.6) is 0 Å². The second kappa shape index (κ2) is 17.9. The van der Waals surface area contributed by atoms with Crippen LogP contribution in [0.25, 0.3) is 22.3 Å². The molecule has 220 valence electrons. The van der Waals surface area contributed by atoms with Crippen molar-refractivity contribution in [3.8, 4) is 22.3 Å². The Labute approximate surface area is 253 Å². The monoisotopic (exact) mass is 636 g/mol. The summed E-state index contributed by atoms with van der Waals surface area (Å²) in [4.78, 5) is 23.6. The standard InChI is InChI=1S/C17H17BrO3.C17H17FO3/c2*18-16-9-7-14(8-10-16)13-3-5-15(6-4-13)17(20)21-12-2-1-11-19/h2*3-10,19H,1-2,11-12H2. The molecule has 0 spiro atoms. The molecule has 0 aliphatic heterocycles. The van der Waals surface area contributed by atoms with E-state index in [-0.39, 0.29) is 31.0 Å². The summed E-state index contributed by atoms with van der Waals surface area (Å²) >= 11 is 3.41. The molecule has 4 aromatic carbocycles. The molecule has 0 saturated carbocycles. The molecule has 8 heteroatoms. The maximum absolute atomic E-state index is 12.9. The topological polar surface area (TPSA) is 93.1 Å². The molecule has 0 amide bonds. The van der Waals surface area contributed by atoms with E-state index >= 15 is 0 Å². The Morgan fingerprint density at radius 1 is 0.548 bits per heavy atom. The van der Waals surface area contributed by atoms with Crippen molar-refractivity contribution in [3.05, 3.63) is 118 Å². The van der Waals surface area contributed by atoms with E-state index in [2.05, 4.69) is 15.9 Å². The first-order valence-electron chi connectivity index (χ1n) is 13.7. The number of unbranched alkanes of at least 4 members (excludes halogenated alkanes) is 2. The molecule has 0 atom stereocenters. The van der Waals surface area contributed by atoms with Gasteiger partial charge in [0.05, 0.1) is 24.3 Å². The van der Waals surface area contributed by atoms with Crippen molar-refractivity contribution in [3.63, 3.8) is 0 Å². The lowest BCUT2D eigenvalue weighted by Crippen LogP contribution is -2.06. The summed E-state index contributed by atoms with van der Waals surface area (Å²) < 4.78 is 24.1. The molecule has 42 heavy (non-hydrogen) atoms. The smallest absolute Gasteiger partial charge is 0.338 e. The Kier molecular flexibility index (Phi) is 13.9. The lowest BCUT2D eigenvalue weighted by Gasteiger charge is -2.06. The average Bonchev–Trinajstić information content (AvgIpc) is 3.02.